The Balaban J connectivity index is 1.78. The maximum absolute atomic E-state index is 13.0. The van der Waals surface area contributed by atoms with Crippen molar-refractivity contribution in [1.82, 2.24) is 5.32 Å². The van der Waals surface area contributed by atoms with Gasteiger partial charge in [0.25, 0.3) is 0 Å². The van der Waals surface area contributed by atoms with Crippen LogP contribution in [0.1, 0.15) is 30.4 Å². The minimum absolute atomic E-state index is 0.0332. The van der Waals surface area contributed by atoms with Gasteiger partial charge in [-0.3, -0.25) is 4.79 Å². The van der Waals surface area contributed by atoms with Crippen LogP contribution in [0.5, 0.6) is 11.5 Å². The van der Waals surface area contributed by atoms with E-state index in [-0.39, 0.29) is 5.91 Å². The number of ether oxygens (including phenoxy) is 2. The fourth-order valence-corrected chi connectivity index (χ4v) is 3.52. The number of carbonyl (C=O) groups is 1. The number of carbonyl (C=O) groups excluding carboxylic acids is 1. The third-order valence-corrected chi connectivity index (χ3v) is 5.18. The minimum Gasteiger partial charge on any atom is -0.497 e. The van der Waals surface area contributed by atoms with E-state index in [0.29, 0.717) is 11.6 Å². The quantitative estimate of drug-likeness (QED) is 0.844. The molecule has 1 amide bonds. The molecule has 0 radical (unpaired) electrons. The number of amides is 1. The predicted octanol–water partition coefficient (Wildman–Crippen LogP) is 4.10. The van der Waals surface area contributed by atoms with E-state index in [4.69, 9.17) is 21.1 Å². The van der Waals surface area contributed by atoms with Crippen molar-refractivity contribution in [2.45, 2.75) is 31.2 Å². The highest BCUT2D eigenvalue weighted by molar-refractivity contribution is 6.30. The Labute approximate surface area is 153 Å². The first-order valence-electron chi connectivity index (χ1n) is 8.34. The summed E-state index contributed by atoms with van der Waals surface area (Å²) in [5.74, 6) is 1.50. The van der Waals surface area contributed by atoms with Crippen molar-refractivity contribution in [2.24, 2.45) is 0 Å². The van der Waals surface area contributed by atoms with Gasteiger partial charge in [0.2, 0.25) is 5.91 Å². The first-order valence-corrected chi connectivity index (χ1v) is 8.72. The Bertz CT molecular complexity index is 771. The lowest BCUT2D eigenvalue weighted by Crippen LogP contribution is -2.49. The fraction of sp³-hybridized carbons (Fsp3) is 0.350. The molecule has 1 fully saturated rings. The van der Waals surface area contributed by atoms with E-state index in [1.165, 1.54) is 0 Å². The number of benzene rings is 2. The van der Waals surface area contributed by atoms with Crippen molar-refractivity contribution in [3.63, 3.8) is 0 Å². The van der Waals surface area contributed by atoms with E-state index in [1.807, 2.05) is 42.5 Å². The normalized spacial score (nSPS) is 15.2. The number of hydrogen-bond donors (Lipinski definition) is 1. The molecule has 0 heterocycles. The van der Waals surface area contributed by atoms with Crippen LogP contribution in [-0.4, -0.2) is 20.1 Å². The number of rotatable bonds is 6. The van der Waals surface area contributed by atoms with Gasteiger partial charge < -0.3 is 14.8 Å². The molecule has 1 N–H and O–H groups in total. The van der Waals surface area contributed by atoms with Crippen LogP contribution in [0.4, 0.5) is 0 Å². The third-order valence-electron chi connectivity index (χ3n) is 4.95. The molecule has 25 heavy (non-hydrogen) atoms. The second kappa shape index (κ2) is 7.36. The molecule has 5 heteroatoms. The lowest BCUT2D eigenvalue weighted by molar-refractivity contribution is -0.130. The summed E-state index contributed by atoms with van der Waals surface area (Å²) in [6, 6.07) is 13.2. The van der Waals surface area contributed by atoms with Crippen LogP contribution < -0.4 is 14.8 Å². The van der Waals surface area contributed by atoms with Gasteiger partial charge in [0.15, 0.2) is 0 Å². The molecule has 132 valence electrons. The summed E-state index contributed by atoms with van der Waals surface area (Å²) in [5.41, 5.74) is 1.40. The van der Waals surface area contributed by atoms with Crippen LogP contribution in [0.15, 0.2) is 42.5 Å². The van der Waals surface area contributed by atoms with Crippen molar-refractivity contribution >= 4 is 17.5 Å². The highest BCUT2D eigenvalue weighted by Gasteiger charge is 2.45. The lowest BCUT2D eigenvalue weighted by Gasteiger charge is -2.40. The molecule has 0 unspecified atom stereocenters. The van der Waals surface area contributed by atoms with Crippen LogP contribution in [-0.2, 0) is 16.8 Å². The Morgan fingerprint density at radius 1 is 1.16 bits per heavy atom. The molecule has 0 spiro atoms. The van der Waals surface area contributed by atoms with E-state index in [9.17, 15) is 4.79 Å². The van der Waals surface area contributed by atoms with Gasteiger partial charge in [-0.15, -0.1) is 0 Å². The molecular formula is C20H22ClNO3. The van der Waals surface area contributed by atoms with Gasteiger partial charge in [-0.05, 0) is 48.7 Å². The molecule has 2 aromatic carbocycles. The molecule has 2 aromatic rings. The molecule has 1 aliphatic rings. The van der Waals surface area contributed by atoms with Gasteiger partial charge in [-0.1, -0.05) is 30.2 Å². The molecule has 1 saturated carbocycles. The maximum atomic E-state index is 13.0. The summed E-state index contributed by atoms with van der Waals surface area (Å²) in [6.45, 7) is 0.390. The van der Waals surface area contributed by atoms with E-state index < -0.39 is 5.41 Å². The zero-order valence-electron chi connectivity index (χ0n) is 14.5. The van der Waals surface area contributed by atoms with E-state index in [1.54, 1.807) is 14.2 Å². The largest absolute Gasteiger partial charge is 0.497 e. The number of methoxy groups -OCH3 is 2. The van der Waals surface area contributed by atoms with Gasteiger partial charge >= 0.3 is 0 Å². The molecule has 0 aromatic heterocycles. The summed E-state index contributed by atoms with van der Waals surface area (Å²) in [6.07, 6.45) is 2.73. The highest BCUT2D eigenvalue weighted by atomic mass is 35.5. The van der Waals surface area contributed by atoms with E-state index >= 15 is 0 Å². The number of nitrogens with one attached hydrogen (secondary N) is 1. The second-order valence-electron chi connectivity index (χ2n) is 6.31. The van der Waals surface area contributed by atoms with Crippen molar-refractivity contribution in [2.75, 3.05) is 14.2 Å². The van der Waals surface area contributed by atoms with Crippen LogP contribution in [0.3, 0.4) is 0 Å². The molecule has 4 nitrogen and oxygen atoms in total. The molecule has 0 atom stereocenters. The average molecular weight is 360 g/mol. The lowest BCUT2D eigenvalue weighted by atomic mass is 9.64. The van der Waals surface area contributed by atoms with Crippen molar-refractivity contribution in [3.05, 3.63) is 58.6 Å². The molecule has 1 aliphatic carbocycles. The van der Waals surface area contributed by atoms with Crippen molar-refractivity contribution < 1.29 is 14.3 Å². The fourth-order valence-electron chi connectivity index (χ4n) is 3.33. The minimum atomic E-state index is -0.475. The van der Waals surface area contributed by atoms with Gasteiger partial charge in [0, 0.05) is 17.1 Å². The average Bonchev–Trinajstić information content (AvgIpc) is 2.58. The highest BCUT2D eigenvalue weighted by Crippen LogP contribution is 2.44. The standard InChI is InChI=1S/C20H22ClNO3/c1-24-17-7-8-18(25-2)14(11-17)13-22-19(23)20(9-4-10-20)15-5-3-6-16(21)12-15/h3,5-8,11-12H,4,9-10,13H2,1-2H3,(H,22,23). The Hall–Kier alpha value is -2.20. The molecule has 3 rings (SSSR count). The van der Waals surface area contributed by atoms with Crippen LogP contribution in [0.2, 0.25) is 5.02 Å². The summed E-state index contributed by atoms with van der Waals surface area (Å²) in [7, 11) is 3.24. The SMILES string of the molecule is COc1ccc(OC)c(CNC(=O)C2(c3cccc(Cl)c3)CCC2)c1. The summed E-state index contributed by atoms with van der Waals surface area (Å²) < 4.78 is 10.6. The summed E-state index contributed by atoms with van der Waals surface area (Å²) in [5, 5.41) is 3.73. The van der Waals surface area contributed by atoms with Gasteiger partial charge in [-0.25, -0.2) is 0 Å². The zero-order chi connectivity index (χ0) is 17.9. The molecule has 0 bridgehead atoms. The predicted molar refractivity (Wildman–Crippen MR) is 98.4 cm³/mol. The van der Waals surface area contributed by atoms with Gasteiger partial charge in [0.05, 0.1) is 19.6 Å². The Morgan fingerprint density at radius 3 is 2.56 bits per heavy atom. The summed E-state index contributed by atoms with van der Waals surface area (Å²) in [4.78, 5) is 13.0. The first kappa shape index (κ1) is 17.6. The second-order valence-corrected chi connectivity index (χ2v) is 6.74. The van der Waals surface area contributed by atoms with Gasteiger partial charge in [-0.2, -0.15) is 0 Å². The third kappa shape index (κ3) is 3.45. The van der Waals surface area contributed by atoms with E-state index in [2.05, 4.69) is 5.32 Å². The van der Waals surface area contributed by atoms with Crippen LogP contribution in [0.25, 0.3) is 0 Å². The molecule has 0 saturated heterocycles. The van der Waals surface area contributed by atoms with E-state index in [0.717, 1.165) is 41.9 Å². The topological polar surface area (TPSA) is 47.6 Å². The van der Waals surface area contributed by atoms with Crippen LogP contribution in [0, 0.1) is 0 Å². The van der Waals surface area contributed by atoms with Gasteiger partial charge in [0.1, 0.15) is 11.5 Å². The first-order chi connectivity index (χ1) is 12.1. The molecular weight excluding hydrogens is 338 g/mol. The zero-order valence-corrected chi connectivity index (χ0v) is 15.2. The van der Waals surface area contributed by atoms with Crippen LogP contribution >= 0.6 is 11.6 Å². The number of hydrogen-bond acceptors (Lipinski definition) is 3. The number of halogens is 1. The van der Waals surface area contributed by atoms with Crippen molar-refractivity contribution in [1.29, 1.82) is 0 Å². The van der Waals surface area contributed by atoms with Crippen molar-refractivity contribution in [3.8, 4) is 11.5 Å². The smallest absolute Gasteiger partial charge is 0.230 e. The maximum Gasteiger partial charge on any atom is 0.230 e. The Morgan fingerprint density at radius 2 is 1.96 bits per heavy atom. The monoisotopic (exact) mass is 359 g/mol. The summed E-state index contributed by atoms with van der Waals surface area (Å²) >= 11 is 6.12. The molecule has 0 aliphatic heterocycles. The Kier molecular flexibility index (Phi) is 5.19.